The zero-order valence-electron chi connectivity index (χ0n) is 14.9. The normalized spacial score (nSPS) is 23.7. The summed E-state index contributed by atoms with van der Waals surface area (Å²) in [6.07, 6.45) is 4.23. The highest BCUT2D eigenvalue weighted by Crippen LogP contribution is 2.38. The Hall–Kier alpha value is -2.14. The van der Waals surface area contributed by atoms with E-state index >= 15 is 0 Å². The van der Waals surface area contributed by atoms with Crippen molar-refractivity contribution in [1.82, 2.24) is 15.2 Å². The van der Waals surface area contributed by atoms with Gasteiger partial charge in [-0.05, 0) is 31.4 Å². The van der Waals surface area contributed by atoms with Crippen LogP contribution in [0.1, 0.15) is 25.3 Å². The Kier molecular flexibility index (Phi) is 4.57. The summed E-state index contributed by atoms with van der Waals surface area (Å²) in [5.41, 5.74) is 2.57. The summed E-state index contributed by atoms with van der Waals surface area (Å²) in [5.74, 6) is 1.01. The van der Waals surface area contributed by atoms with Crippen molar-refractivity contribution in [3.63, 3.8) is 0 Å². The van der Waals surface area contributed by atoms with E-state index in [1.807, 2.05) is 12.3 Å². The summed E-state index contributed by atoms with van der Waals surface area (Å²) >= 11 is 0. The van der Waals surface area contributed by atoms with E-state index < -0.39 is 0 Å². The SMILES string of the molecule is CCNC(=NCc1cccc2cccnc12)N1CCC2(CCOC2)C1. The molecule has 1 atom stereocenters. The standard InChI is InChI=1S/C20H26N4O/c1-2-21-19(24-11-8-20(14-24)9-12-25-15-20)23-13-17-6-3-5-16-7-4-10-22-18(16)17/h3-7,10H,2,8-9,11-15H2,1H3,(H,21,23). The molecule has 1 aromatic heterocycles. The van der Waals surface area contributed by atoms with Gasteiger partial charge in [0, 0.05) is 43.2 Å². The van der Waals surface area contributed by atoms with Crippen molar-refractivity contribution < 1.29 is 4.74 Å². The van der Waals surface area contributed by atoms with Gasteiger partial charge in [0.2, 0.25) is 0 Å². The molecule has 2 fully saturated rings. The molecule has 2 aromatic rings. The van der Waals surface area contributed by atoms with Crippen LogP contribution in [0.15, 0.2) is 41.5 Å². The van der Waals surface area contributed by atoms with Crippen LogP contribution in [0.25, 0.3) is 10.9 Å². The van der Waals surface area contributed by atoms with Crippen molar-refractivity contribution in [2.24, 2.45) is 10.4 Å². The maximum atomic E-state index is 5.65. The van der Waals surface area contributed by atoms with Gasteiger partial charge in [-0.2, -0.15) is 0 Å². The van der Waals surface area contributed by atoms with Crippen LogP contribution in [-0.4, -0.2) is 48.7 Å². The number of nitrogens with zero attached hydrogens (tertiary/aromatic N) is 3. The van der Waals surface area contributed by atoms with Gasteiger partial charge in [-0.3, -0.25) is 4.98 Å². The Morgan fingerprint density at radius 3 is 3.08 bits per heavy atom. The number of pyridine rings is 1. The number of nitrogens with one attached hydrogen (secondary N) is 1. The molecule has 132 valence electrons. The van der Waals surface area contributed by atoms with Crippen molar-refractivity contribution in [2.45, 2.75) is 26.3 Å². The molecule has 5 heteroatoms. The van der Waals surface area contributed by atoms with Crippen LogP contribution < -0.4 is 5.32 Å². The minimum Gasteiger partial charge on any atom is -0.381 e. The molecule has 5 nitrogen and oxygen atoms in total. The van der Waals surface area contributed by atoms with E-state index in [2.05, 4.69) is 46.4 Å². The summed E-state index contributed by atoms with van der Waals surface area (Å²) in [7, 11) is 0. The van der Waals surface area contributed by atoms with Gasteiger partial charge in [-0.1, -0.05) is 24.3 Å². The topological polar surface area (TPSA) is 49.8 Å². The number of rotatable bonds is 3. The van der Waals surface area contributed by atoms with Crippen molar-refractivity contribution in [3.8, 4) is 0 Å². The quantitative estimate of drug-likeness (QED) is 0.691. The van der Waals surface area contributed by atoms with Crippen LogP contribution in [0, 0.1) is 5.41 Å². The largest absolute Gasteiger partial charge is 0.381 e. The Balaban J connectivity index is 1.54. The smallest absolute Gasteiger partial charge is 0.194 e. The zero-order chi connectivity index (χ0) is 17.1. The summed E-state index contributed by atoms with van der Waals surface area (Å²) < 4.78 is 5.65. The Morgan fingerprint density at radius 1 is 1.32 bits per heavy atom. The highest BCUT2D eigenvalue weighted by molar-refractivity contribution is 5.83. The van der Waals surface area contributed by atoms with Gasteiger partial charge in [0.25, 0.3) is 0 Å². The molecule has 25 heavy (non-hydrogen) atoms. The van der Waals surface area contributed by atoms with E-state index in [-0.39, 0.29) is 0 Å². The molecule has 0 amide bonds. The third-order valence-corrected chi connectivity index (χ3v) is 5.37. The summed E-state index contributed by atoms with van der Waals surface area (Å²) in [5, 5.41) is 4.63. The van der Waals surface area contributed by atoms with Crippen molar-refractivity contribution >= 4 is 16.9 Å². The van der Waals surface area contributed by atoms with Crippen molar-refractivity contribution in [2.75, 3.05) is 32.8 Å². The fourth-order valence-corrected chi connectivity index (χ4v) is 3.97. The average molecular weight is 338 g/mol. The van der Waals surface area contributed by atoms with E-state index in [1.165, 1.54) is 23.8 Å². The first kappa shape index (κ1) is 16.3. The maximum Gasteiger partial charge on any atom is 0.194 e. The maximum absolute atomic E-state index is 5.65. The first-order valence-electron chi connectivity index (χ1n) is 9.23. The van der Waals surface area contributed by atoms with Gasteiger partial charge in [-0.25, -0.2) is 4.99 Å². The van der Waals surface area contributed by atoms with E-state index in [9.17, 15) is 0 Å². The van der Waals surface area contributed by atoms with Gasteiger partial charge in [0.15, 0.2) is 5.96 Å². The van der Waals surface area contributed by atoms with Gasteiger partial charge in [0.05, 0.1) is 18.7 Å². The minimum absolute atomic E-state index is 0.344. The first-order chi connectivity index (χ1) is 12.3. The van der Waals surface area contributed by atoms with Crippen molar-refractivity contribution in [3.05, 3.63) is 42.1 Å². The summed E-state index contributed by atoms with van der Waals surface area (Å²) in [6, 6.07) is 10.4. The van der Waals surface area contributed by atoms with E-state index in [1.54, 1.807) is 0 Å². The number of guanidine groups is 1. The summed E-state index contributed by atoms with van der Waals surface area (Å²) in [4.78, 5) is 11.9. The molecular weight excluding hydrogens is 312 g/mol. The molecule has 3 heterocycles. The lowest BCUT2D eigenvalue weighted by molar-refractivity contribution is 0.156. The van der Waals surface area contributed by atoms with Crippen LogP contribution in [0.3, 0.4) is 0 Å². The van der Waals surface area contributed by atoms with Gasteiger partial charge in [-0.15, -0.1) is 0 Å². The van der Waals surface area contributed by atoms with Gasteiger partial charge >= 0.3 is 0 Å². The molecule has 2 aliphatic heterocycles. The molecule has 4 rings (SSSR count). The molecule has 1 aromatic carbocycles. The highest BCUT2D eigenvalue weighted by atomic mass is 16.5. The predicted octanol–water partition coefficient (Wildman–Crippen LogP) is 2.81. The van der Waals surface area contributed by atoms with Crippen LogP contribution in [0.2, 0.25) is 0 Å². The molecule has 2 saturated heterocycles. The van der Waals surface area contributed by atoms with Crippen molar-refractivity contribution in [1.29, 1.82) is 0 Å². The lowest BCUT2D eigenvalue weighted by atomic mass is 9.87. The highest BCUT2D eigenvalue weighted by Gasteiger charge is 2.42. The fraction of sp³-hybridized carbons (Fsp3) is 0.500. The third kappa shape index (κ3) is 3.33. The number of aliphatic imine (C=N–C) groups is 1. The monoisotopic (exact) mass is 338 g/mol. The Morgan fingerprint density at radius 2 is 2.24 bits per heavy atom. The molecule has 0 saturated carbocycles. The first-order valence-corrected chi connectivity index (χ1v) is 9.23. The summed E-state index contributed by atoms with van der Waals surface area (Å²) in [6.45, 7) is 7.57. The number of fused-ring (bicyclic) bond motifs is 1. The van der Waals surface area contributed by atoms with Gasteiger partial charge < -0.3 is 15.0 Å². The molecule has 0 radical (unpaired) electrons. The molecule has 0 bridgehead atoms. The second kappa shape index (κ2) is 7.00. The number of aromatic nitrogens is 1. The Bertz CT molecular complexity index is 762. The molecule has 1 N–H and O–H groups in total. The Labute approximate surface area is 149 Å². The second-order valence-corrected chi connectivity index (χ2v) is 7.14. The average Bonchev–Trinajstić information content (AvgIpc) is 3.29. The fourth-order valence-electron chi connectivity index (χ4n) is 3.97. The van der Waals surface area contributed by atoms with Gasteiger partial charge in [0.1, 0.15) is 0 Å². The minimum atomic E-state index is 0.344. The molecular formula is C20H26N4O. The van der Waals surface area contributed by atoms with Crippen LogP contribution in [0.5, 0.6) is 0 Å². The number of likely N-dealkylation sites (tertiary alicyclic amines) is 1. The lowest BCUT2D eigenvalue weighted by Crippen LogP contribution is -2.41. The number of para-hydroxylation sites is 1. The molecule has 1 unspecified atom stereocenters. The van der Waals surface area contributed by atoms with E-state index in [4.69, 9.17) is 9.73 Å². The number of ether oxygens (including phenoxy) is 1. The number of benzene rings is 1. The molecule has 0 aliphatic carbocycles. The predicted molar refractivity (Wildman–Crippen MR) is 101 cm³/mol. The molecule has 1 spiro atoms. The van der Waals surface area contributed by atoms with Crippen LogP contribution in [-0.2, 0) is 11.3 Å². The lowest BCUT2D eigenvalue weighted by Gasteiger charge is -2.25. The third-order valence-electron chi connectivity index (χ3n) is 5.37. The number of hydrogen-bond donors (Lipinski definition) is 1. The van der Waals surface area contributed by atoms with E-state index in [0.717, 1.165) is 44.3 Å². The van der Waals surface area contributed by atoms with Crippen LogP contribution in [0.4, 0.5) is 0 Å². The van der Waals surface area contributed by atoms with Crippen LogP contribution >= 0.6 is 0 Å². The zero-order valence-corrected chi connectivity index (χ0v) is 14.9. The number of hydrogen-bond acceptors (Lipinski definition) is 3. The van der Waals surface area contributed by atoms with E-state index in [0.29, 0.717) is 12.0 Å². The second-order valence-electron chi connectivity index (χ2n) is 7.14. The molecule has 2 aliphatic rings.